The van der Waals surface area contributed by atoms with Crippen molar-refractivity contribution < 1.29 is 38.4 Å². The minimum atomic E-state index is -4.69. The second-order valence-electron chi connectivity index (χ2n) is 6.77. The number of nitrogen functional groups attached to an aromatic ring is 1. The maximum absolute atomic E-state index is 15.0. The summed E-state index contributed by atoms with van der Waals surface area (Å²) in [6.07, 6.45) is -5.83. The molecular weight excluding hydrogens is 400 g/mol. The highest BCUT2D eigenvalue weighted by molar-refractivity contribution is 7.53. The van der Waals surface area contributed by atoms with Crippen molar-refractivity contribution in [3.05, 3.63) is 22.2 Å². The summed E-state index contributed by atoms with van der Waals surface area (Å²) in [5, 5.41) is 29.8. The van der Waals surface area contributed by atoms with Gasteiger partial charge in [0.2, 0.25) is 5.85 Å². The van der Waals surface area contributed by atoms with Crippen LogP contribution >= 0.6 is 7.60 Å². The lowest BCUT2D eigenvalue weighted by molar-refractivity contribution is -0.130. The zero-order valence-corrected chi connectivity index (χ0v) is 16.5. The quantitative estimate of drug-likeness (QED) is 0.366. The number of halogens is 1. The van der Waals surface area contributed by atoms with E-state index in [-0.39, 0.29) is 5.82 Å². The van der Waals surface area contributed by atoms with E-state index in [1.807, 2.05) is 0 Å². The fourth-order valence-electron chi connectivity index (χ4n) is 2.75. The number of anilines is 1. The van der Waals surface area contributed by atoms with Crippen LogP contribution in [0.4, 0.5) is 10.2 Å². The van der Waals surface area contributed by atoms with Gasteiger partial charge in [0, 0.05) is 24.6 Å². The molecule has 0 bridgehead atoms. The van der Waals surface area contributed by atoms with Gasteiger partial charge in [0.1, 0.15) is 18.0 Å². The van der Waals surface area contributed by atoms with Crippen LogP contribution in [0, 0.1) is 6.92 Å². The Morgan fingerprint density at radius 3 is 2.64 bits per heavy atom. The number of rotatable bonds is 7. The summed E-state index contributed by atoms with van der Waals surface area (Å²) < 4.78 is 37.8. The molecule has 0 aliphatic carbocycles. The predicted octanol–water partition coefficient (Wildman–Crippen LogP) is -0.241. The topological polar surface area (TPSA) is 177 Å². The fraction of sp³-hybridized carbons (Fsp3) is 0.733. The van der Waals surface area contributed by atoms with Gasteiger partial charge < -0.3 is 30.7 Å². The number of alkyl halides is 1. The molecule has 3 unspecified atom stereocenters. The number of aliphatic hydroxyl groups is 3. The van der Waals surface area contributed by atoms with Gasteiger partial charge in [-0.1, -0.05) is 6.92 Å². The molecule has 0 radical (unpaired) electrons. The maximum atomic E-state index is 15.0. The van der Waals surface area contributed by atoms with Crippen LogP contribution in [0.1, 0.15) is 38.5 Å². The Labute approximate surface area is 160 Å². The van der Waals surface area contributed by atoms with Gasteiger partial charge >= 0.3 is 13.3 Å². The Hall–Kier alpha value is -1.40. The highest BCUT2D eigenvalue weighted by atomic mass is 31.2. The zero-order chi connectivity index (χ0) is 21.4. The van der Waals surface area contributed by atoms with Gasteiger partial charge in [-0.2, -0.15) is 4.98 Å². The molecule has 1 aliphatic rings. The number of hydrogen-bond donors (Lipinski definition) is 5. The minimum Gasteiger partial charge on any atom is -0.388 e. The molecule has 1 fully saturated rings. The molecule has 2 rings (SSSR count). The van der Waals surface area contributed by atoms with Crippen molar-refractivity contribution >= 4 is 13.4 Å². The minimum absolute atomic E-state index is 0.00943. The number of ether oxygens (including phenoxy) is 1. The van der Waals surface area contributed by atoms with Crippen molar-refractivity contribution in [1.29, 1.82) is 0 Å². The molecule has 6 N–H and O–H groups in total. The number of aliphatic hydroxyl groups excluding tert-OH is 3. The van der Waals surface area contributed by atoms with Crippen molar-refractivity contribution in [3.8, 4) is 0 Å². The Balaban J connectivity index is 2.25. The summed E-state index contributed by atoms with van der Waals surface area (Å²) in [7, 11) is -4.69. The van der Waals surface area contributed by atoms with E-state index < -0.39 is 62.4 Å². The Morgan fingerprint density at radius 2 is 2.11 bits per heavy atom. The van der Waals surface area contributed by atoms with Gasteiger partial charge in [0.05, 0.1) is 6.10 Å². The standard InChI is InChI=1S/C15H25FN3O8P/c1-4-15(16,27-28(24,25)8(3)20)5-9-10(21)11(22)13(26-9)19-6-7(2)12(17)18-14(19)23/h6,8-11,13,20-22H,4-5H2,1-3H3,(H,24,25)(H2,17,18,23)/t8?,9-,10-,11-,13-,15?/m1/s1. The summed E-state index contributed by atoms with van der Waals surface area (Å²) in [5.74, 6) is -4.57. The van der Waals surface area contributed by atoms with E-state index in [1.54, 1.807) is 6.92 Å². The van der Waals surface area contributed by atoms with E-state index in [4.69, 9.17) is 10.5 Å². The summed E-state index contributed by atoms with van der Waals surface area (Å²) in [5.41, 5.74) is 5.13. The molecule has 1 aliphatic heterocycles. The number of aromatic nitrogens is 2. The Kier molecular flexibility index (Phi) is 6.66. The molecule has 1 aromatic heterocycles. The number of hydrogen-bond acceptors (Lipinski definition) is 9. The number of nitrogens with two attached hydrogens (primary N) is 1. The summed E-state index contributed by atoms with van der Waals surface area (Å²) in [6, 6.07) is 0. The van der Waals surface area contributed by atoms with Crippen LogP contribution in [-0.2, 0) is 13.8 Å². The second-order valence-corrected chi connectivity index (χ2v) is 8.83. The van der Waals surface area contributed by atoms with Gasteiger partial charge in [-0.05, 0) is 13.8 Å². The van der Waals surface area contributed by atoms with Gasteiger partial charge in [-0.3, -0.25) is 13.7 Å². The van der Waals surface area contributed by atoms with Crippen molar-refractivity contribution in [2.45, 2.75) is 69.9 Å². The van der Waals surface area contributed by atoms with Crippen LogP contribution in [0.5, 0.6) is 0 Å². The van der Waals surface area contributed by atoms with Gasteiger partial charge in [-0.15, -0.1) is 0 Å². The van der Waals surface area contributed by atoms with E-state index in [0.29, 0.717) is 5.56 Å². The SMILES string of the molecule is CCC(F)(C[C@H]1O[C@@H](n2cc(C)c(N)nc2=O)[C@H](O)[C@@H]1O)OP(=O)(O)C(C)O. The first kappa shape index (κ1) is 22.9. The molecular formula is C15H25FN3O8P. The lowest BCUT2D eigenvalue weighted by atomic mass is 10.0. The average molecular weight is 425 g/mol. The van der Waals surface area contributed by atoms with Gasteiger partial charge in [0.25, 0.3) is 0 Å². The highest BCUT2D eigenvalue weighted by Crippen LogP contribution is 2.52. The lowest BCUT2D eigenvalue weighted by Crippen LogP contribution is -2.38. The summed E-state index contributed by atoms with van der Waals surface area (Å²) >= 11 is 0. The monoisotopic (exact) mass is 425 g/mol. The predicted molar refractivity (Wildman–Crippen MR) is 94.9 cm³/mol. The fourth-order valence-corrected chi connectivity index (χ4v) is 3.57. The van der Waals surface area contributed by atoms with Crippen molar-refractivity contribution in [1.82, 2.24) is 9.55 Å². The van der Waals surface area contributed by atoms with Gasteiger partial charge in [0.15, 0.2) is 12.1 Å². The van der Waals surface area contributed by atoms with E-state index in [9.17, 15) is 29.6 Å². The molecule has 1 aromatic rings. The molecule has 160 valence electrons. The van der Waals surface area contributed by atoms with E-state index in [1.165, 1.54) is 13.1 Å². The van der Waals surface area contributed by atoms with E-state index >= 15 is 4.39 Å². The van der Waals surface area contributed by atoms with Crippen LogP contribution < -0.4 is 11.4 Å². The van der Waals surface area contributed by atoms with E-state index in [0.717, 1.165) is 11.5 Å². The van der Waals surface area contributed by atoms with Crippen LogP contribution in [0.15, 0.2) is 11.0 Å². The molecule has 1 saturated heterocycles. The Bertz CT molecular complexity index is 821. The highest BCUT2D eigenvalue weighted by Gasteiger charge is 2.50. The number of aryl methyl sites for hydroxylation is 1. The third-order valence-corrected chi connectivity index (χ3v) is 6.12. The van der Waals surface area contributed by atoms with E-state index in [2.05, 4.69) is 9.51 Å². The molecule has 0 aromatic carbocycles. The lowest BCUT2D eigenvalue weighted by Gasteiger charge is -2.30. The normalized spacial score (nSPS) is 30.6. The third-order valence-electron chi connectivity index (χ3n) is 4.59. The molecule has 0 saturated carbocycles. The molecule has 13 heteroatoms. The first-order valence-electron chi connectivity index (χ1n) is 8.58. The van der Waals surface area contributed by atoms with Crippen LogP contribution in [0.3, 0.4) is 0 Å². The summed E-state index contributed by atoms with van der Waals surface area (Å²) in [4.78, 5) is 25.2. The molecule has 28 heavy (non-hydrogen) atoms. The average Bonchev–Trinajstić information content (AvgIpc) is 2.85. The first-order chi connectivity index (χ1) is 12.8. The maximum Gasteiger partial charge on any atom is 0.358 e. The molecule has 7 atom stereocenters. The molecule has 2 heterocycles. The van der Waals surface area contributed by atoms with Crippen LogP contribution in [0.25, 0.3) is 0 Å². The number of nitrogens with zero attached hydrogens (tertiary/aromatic N) is 2. The van der Waals surface area contributed by atoms with Gasteiger partial charge in [-0.25, -0.2) is 9.18 Å². The molecule has 11 nitrogen and oxygen atoms in total. The second kappa shape index (κ2) is 8.15. The first-order valence-corrected chi connectivity index (χ1v) is 10.2. The molecule has 0 amide bonds. The largest absolute Gasteiger partial charge is 0.388 e. The Morgan fingerprint density at radius 1 is 1.50 bits per heavy atom. The van der Waals surface area contributed by atoms with Crippen LogP contribution in [0.2, 0.25) is 0 Å². The zero-order valence-electron chi connectivity index (χ0n) is 15.6. The van der Waals surface area contributed by atoms with Crippen LogP contribution in [-0.4, -0.2) is 59.8 Å². The third kappa shape index (κ3) is 4.60. The smallest absolute Gasteiger partial charge is 0.358 e. The van der Waals surface area contributed by atoms with Crippen molar-refractivity contribution in [2.24, 2.45) is 0 Å². The van der Waals surface area contributed by atoms with Crippen molar-refractivity contribution in [3.63, 3.8) is 0 Å². The molecule has 0 spiro atoms. The van der Waals surface area contributed by atoms with Crippen molar-refractivity contribution in [2.75, 3.05) is 5.73 Å². The summed E-state index contributed by atoms with van der Waals surface area (Å²) in [6.45, 7) is 3.87.